The molecule has 1 heterocycles. The van der Waals surface area contributed by atoms with Gasteiger partial charge in [-0.3, -0.25) is 4.79 Å². The summed E-state index contributed by atoms with van der Waals surface area (Å²) in [5.41, 5.74) is 3.86. The summed E-state index contributed by atoms with van der Waals surface area (Å²) in [6, 6.07) is 0. The van der Waals surface area contributed by atoms with Crippen LogP contribution in [0.15, 0.2) is 70.9 Å². The summed E-state index contributed by atoms with van der Waals surface area (Å²) in [6.45, 7) is 0.840. The number of Topliss-reactive ketones (excluding diaryl/α,β-unsaturated/α-hetero) is 1. The predicted molar refractivity (Wildman–Crippen MR) is 84.9 cm³/mol. The Morgan fingerprint density at radius 2 is 1.86 bits per heavy atom. The van der Waals surface area contributed by atoms with Gasteiger partial charge in [-0.05, 0) is 49.0 Å². The Balaban J connectivity index is 1.80. The molecule has 0 aromatic heterocycles. The predicted octanol–water partition coefficient (Wildman–Crippen LogP) is 3.99. The molecule has 0 aromatic carbocycles. The second-order valence-electron chi connectivity index (χ2n) is 5.55. The van der Waals surface area contributed by atoms with Crippen LogP contribution in [0.25, 0.3) is 0 Å². The smallest absolute Gasteiger partial charge is 0.189 e. The lowest BCUT2D eigenvalue weighted by molar-refractivity contribution is -0.114. The fraction of sp³-hybridized carbons (Fsp3) is 0.316. The van der Waals surface area contributed by atoms with E-state index in [1.165, 1.54) is 5.57 Å². The average Bonchev–Trinajstić information content (AvgIpc) is 2.53. The Labute approximate surface area is 125 Å². The molecule has 3 rings (SSSR count). The van der Waals surface area contributed by atoms with Crippen molar-refractivity contribution >= 4 is 5.78 Å². The molecule has 0 amide bonds. The van der Waals surface area contributed by atoms with Crippen molar-refractivity contribution in [3.63, 3.8) is 0 Å². The van der Waals surface area contributed by atoms with Crippen LogP contribution in [-0.4, -0.2) is 19.0 Å². The SMILES string of the molecule is O=C1/C(=C/C2=CCCC=C2)COC/C1=C\C1=CC=CCC1. The van der Waals surface area contributed by atoms with E-state index < -0.39 is 0 Å². The topological polar surface area (TPSA) is 26.3 Å². The van der Waals surface area contributed by atoms with Crippen LogP contribution in [0.2, 0.25) is 0 Å². The highest BCUT2D eigenvalue weighted by molar-refractivity contribution is 6.09. The molecule has 0 aromatic rings. The first-order valence-corrected chi connectivity index (χ1v) is 7.59. The molecule has 0 atom stereocenters. The van der Waals surface area contributed by atoms with E-state index in [0.29, 0.717) is 13.2 Å². The number of rotatable bonds is 2. The highest BCUT2D eigenvalue weighted by atomic mass is 16.5. The molecule has 21 heavy (non-hydrogen) atoms. The molecule has 0 radical (unpaired) electrons. The fourth-order valence-electron chi connectivity index (χ4n) is 2.73. The summed E-state index contributed by atoms with van der Waals surface area (Å²) >= 11 is 0. The van der Waals surface area contributed by atoms with E-state index in [9.17, 15) is 4.79 Å². The van der Waals surface area contributed by atoms with Crippen LogP contribution in [0, 0.1) is 0 Å². The molecule has 2 nitrogen and oxygen atoms in total. The lowest BCUT2D eigenvalue weighted by Gasteiger charge is -2.18. The summed E-state index contributed by atoms with van der Waals surface area (Å²) in [5.74, 6) is 0.136. The highest BCUT2D eigenvalue weighted by Gasteiger charge is 2.21. The minimum Gasteiger partial charge on any atom is -0.372 e. The molecule has 108 valence electrons. The second kappa shape index (κ2) is 6.68. The molecular weight excluding hydrogens is 260 g/mol. The van der Waals surface area contributed by atoms with Crippen LogP contribution < -0.4 is 0 Å². The van der Waals surface area contributed by atoms with Gasteiger partial charge < -0.3 is 4.74 Å². The quantitative estimate of drug-likeness (QED) is 0.715. The van der Waals surface area contributed by atoms with E-state index in [1.807, 2.05) is 12.2 Å². The Morgan fingerprint density at radius 1 is 1.00 bits per heavy atom. The molecule has 1 saturated heterocycles. The first-order chi connectivity index (χ1) is 10.3. The molecule has 0 spiro atoms. The summed E-state index contributed by atoms with van der Waals surface area (Å²) in [5, 5.41) is 0. The Morgan fingerprint density at radius 3 is 2.57 bits per heavy atom. The average molecular weight is 280 g/mol. The van der Waals surface area contributed by atoms with Gasteiger partial charge in [0.2, 0.25) is 0 Å². The molecule has 1 aliphatic heterocycles. The van der Waals surface area contributed by atoms with Crippen LogP contribution in [0.1, 0.15) is 25.7 Å². The van der Waals surface area contributed by atoms with Gasteiger partial charge in [0.1, 0.15) is 0 Å². The number of hydrogen-bond acceptors (Lipinski definition) is 2. The van der Waals surface area contributed by atoms with Crippen molar-refractivity contribution in [2.24, 2.45) is 0 Å². The van der Waals surface area contributed by atoms with Gasteiger partial charge in [0.25, 0.3) is 0 Å². The maximum absolute atomic E-state index is 12.6. The van der Waals surface area contributed by atoms with Gasteiger partial charge in [0.05, 0.1) is 13.2 Å². The summed E-state index contributed by atoms with van der Waals surface area (Å²) < 4.78 is 5.59. The van der Waals surface area contributed by atoms with Gasteiger partial charge in [-0.25, -0.2) is 0 Å². The molecule has 2 heteroatoms. The normalized spacial score (nSPS) is 26.2. The minimum absolute atomic E-state index is 0.136. The molecular formula is C19H20O2. The summed E-state index contributed by atoms with van der Waals surface area (Å²) in [4.78, 5) is 12.6. The van der Waals surface area contributed by atoms with E-state index in [0.717, 1.165) is 42.4 Å². The van der Waals surface area contributed by atoms with Crippen LogP contribution >= 0.6 is 0 Å². The number of carbonyl (C=O) groups excluding carboxylic acids is 1. The molecule has 2 aliphatic carbocycles. The Kier molecular flexibility index (Phi) is 4.46. The van der Waals surface area contributed by atoms with Crippen molar-refractivity contribution in [2.45, 2.75) is 25.7 Å². The number of carbonyl (C=O) groups is 1. The first-order valence-electron chi connectivity index (χ1n) is 7.59. The molecule has 3 aliphatic rings. The lowest BCUT2D eigenvalue weighted by Crippen LogP contribution is -2.22. The Hall–Kier alpha value is -1.93. The molecule has 1 fully saturated rings. The standard InChI is InChI=1S/C19H20O2/c20-19-17(11-15-7-3-1-4-8-15)13-21-14-18(19)12-16-9-5-2-6-10-16/h1,3,5,7,9-12H,2,4,6,8,13-14H2/b17-11+,18-12+. The third kappa shape index (κ3) is 3.59. The van der Waals surface area contributed by atoms with Gasteiger partial charge >= 0.3 is 0 Å². The van der Waals surface area contributed by atoms with E-state index in [4.69, 9.17) is 4.74 Å². The van der Waals surface area contributed by atoms with Crippen molar-refractivity contribution in [1.29, 1.82) is 0 Å². The van der Waals surface area contributed by atoms with E-state index in [-0.39, 0.29) is 5.78 Å². The fourth-order valence-corrected chi connectivity index (χ4v) is 2.73. The molecule has 0 bridgehead atoms. The van der Waals surface area contributed by atoms with Crippen molar-refractivity contribution < 1.29 is 9.53 Å². The summed E-state index contributed by atoms with van der Waals surface area (Å²) in [6.07, 6.45) is 20.8. The van der Waals surface area contributed by atoms with Crippen molar-refractivity contribution in [3.05, 3.63) is 70.9 Å². The van der Waals surface area contributed by atoms with E-state index in [2.05, 4.69) is 36.5 Å². The van der Waals surface area contributed by atoms with Gasteiger partial charge in [-0.15, -0.1) is 0 Å². The zero-order valence-electron chi connectivity index (χ0n) is 12.2. The third-order valence-electron chi connectivity index (χ3n) is 3.87. The zero-order chi connectivity index (χ0) is 14.5. The second-order valence-corrected chi connectivity index (χ2v) is 5.55. The van der Waals surface area contributed by atoms with Crippen molar-refractivity contribution in [1.82, 2.24) is 0 Å². The maximum Gasteiger partial charge on any atom is 0.189 e. The monoisotopic (exact) mass is 280 g/mol. The zero-order valence-corrected chi connectivity index (χ0v) is 12.2. The minimum atomic E-state index is 0.136. The largest absolute Gasteiger partial charge is 0.372 e. The van der Waals surface area contributed by atoms with E-state index >= 15 is 0 Å². The van der Waals surface area contributed by atoms with Crippen LogP contribution in [0.5, 0.6) is 0 Å². The third-order valence-corrected chi connectivity index (χ3v) is 3.87. The molecule has 0 unspecified atom stereocenters. The van der Waals surface area contributed by atoms with Crippen LogP contribution in [-0.2, 0) is 9.53 Å². The number of allylic oxidation sites excluding steroid dienone is 10. The van der Waals surface area contributed by atoms with Crippen molar-refractivity contribution in [3.8, 4) is 0 Å². The van der Waals surface area contributed by atoms with E-state index in [1.54, 1.807) is 0 Å². The maximum atomic E-state index is 12.6. The van der Waals surface area contributed by atoms with Gasteiger partial charge in [-0.2, -0.15) is 0 Å². The number of hydrogen-bond donors (Lipinski definition) is 0. The number of ether oxygens (including phenoxy) is 1. The molecule has 0 saturated carbocycles. The summed E-state index contributed by atoms with van der Waals surface area (Å²) in [7, 11) is 0. The van der Waals surface area contributed by atoms with Gasteiger partial charge in [-0.1, -0.05) is 36.5 Å². The van der Waals surface area contributed by atoms with Gasteiger partial charge in [0, 0.05) is 11.1 Å². The highest BCUT2D eigenvalue weighted by Crippen LogP contribution is 2.22. The Bertz CT molecular complexity index is 609. The number of ketones is 1. The molecule has 0 N–H and O–H groups in total. The first kappa shape index (κ1) is 14.0. The van der Waals surface area contributed by atoms with Gasteiger partial charge in [0.15, 0.2) is 5.78 Å². The van der Waals surface area contributed by atoms with Crippen LogP contribution in [0.3, 0.4) is 0 Å². The lowest BCUT2D eigenvalue weighted by atomic mass is 9.95. The van der Waals surface area contributed by atoms with Crippen LogP contribution in [0.4, 0.5) is 0 Å². The van der Waals surface area contributed by atoms with Crippen molar-refractivity contribution in [2.75, 3.05) is 13.2 Å².